The molecule has 0 heterocycles. The number of aliphatic carboxylic acids is 1. The van der Waals surface area contributed by atoms with Crippen molar-refractivity contribution >= 4 is 11.9 Å². The monoisotopic (exact) mass is 200 g/mol. The van der Waals surface area contributed by atoms with Crippen LogP contribution in [-0.2, 0) is 9.59 Å². The summed E-state index contributed by atoms with van der Waals surface area (Å²) in [5, 5.41) is 13.7. The number of carboxylic acid groups (broad SMARTS) is 1. The van der Waals surface area contributed by atoms with Crippen molar-refractivity contribution in [3.05, 3.63) is 12.3 Å². The molecule has 0 aromatic carbocycles. The molecule has 5 nitrogen and oxygen atoms in total. The first-order valence-corrected chi connectivity index (χ1v) is 4.44. The van der Waals surface area contributed by atoms with Crippen molar-refractivity contribution in [2.24, 2.45) is 0 Å². The van der Waals surface area contributed by atoms with Gasteiger partial charge in [0.25, 0.3) is 0 Å². The first kappa shape index (κ1) is 12.5. The molecule has 0 saturated heterocycles. The van der Waals surface area contributed by atoms with E-state index in [1.54, 1.807) is 0 Å². The lowest BCUT2D eigenvalue weighted by Crippen LogP contribution is -2.31. The van der Waals surface area contributed by atoms with Gasteiger partial charge in [-0.1, -0.05) is 0 Å². The van der Waals surface area contributed by atoms with Gasteiger partial charge in [-0.3, -0.25) is 4.79 Å². The van der Waals surface area contributed by atoms with Crippen molar-refractivity contribution in [2.75, 3.05) is 6.54 Å². The van der Waals surface area contributed by atoms with E-state index in [0.717, 1.165) is 6.08 Å². The SMILES string of the molecule is CC(C)NC(=O)CCN/C=C/C(=O)O. The molecule has 80 valence electrons. The van der Waals surface area contributed by atoms with Gasteiger partial charge in [-0.2, -0.15) is 0 Å². The van der Waals surface area contributed by atoms with Gasteiger partial charge < -0.3 is 15.7 Å². The maximum Gasteiger partial charge on any atom is 0.329 e. The van der Waals surface area contributed by atoms with Crippen molar-refractivity contribution in [3.8, 4) is 0 Å². The molecule has 14 heavy (non-hydrogen) atoms. The molecule has 0 fully saturated rings. The highest BCUT2D eigenvalue weighted by Gasteiger charge is 2.00. The highest BCUT2D eigenvalue weighted by Crippen LogP contribution is 1.82. The Morgan fingerprint density at radius 2 is 2.07 bits per heavy atom. The Bertz CT molecular complexity index is 224. The molecule has 1 amide bonds. The molecule has 0 aliphatic carbocycles. The minimum Gasteiger partial charge on any atom is -0.478 e. The molecule has 0 atom stereocenters. The summed E-state index contributed by atoms with van der Waals surface area (Å²) in [6.07, 6.45) is 2.63. The Labute approximate surface area is 83.2 Å². The van der Waals surface area contributed by atoms with E-state index in [0.29, 0.717) is 13.0 Å². The molecule has 0 unspecified atom stereocenters. The Balaban J connectivity index is 3.45. The van der Waals surface area contributed by atoms with Gasteiger partial charge >= 0.3 is 5.97 Å². The third kappa shape index (κ3) is 8.58. The van der Waals surface area contributed by atoms with E-state index < -0.39 is 5.97 Å². The van der Waals surface area contributed by atoms with Crippen LogP contribution in [0.3, 0.4) is 0 Å². The number of carbonyl (C=O) groups excluding carboxylic acids is 1. The largest absolute Gasteiger partial charge is 0.478 e. The molecule has 0 aromatic heterocycles. The summed E-state index contributed by atoms with van der Waals surface area (Å²) >= 11 is 0. The Morgan fingerprint density at radius 3 is 2.57 bits per heavy atom. The Hall–Kier alpha value is -1.52. The van der Waals surface area contributed by atoms with Crippen LogP contribution in [0.5, 0.6) is 0 Å². The Kier molecular flexibility index (Phi) is 6.19. The molecule has 0 rings (SSSR count). The second-order valence-corrected chi connectivity index (χ2v) is 3.10. The fourth-order valence-corrected chi connectivity index (χ4v) is 0.793. The number of nitrogens with one attached hydrogen (secondary N) is 2. The van der Waals surface area contributed by atoms with E-state index >= 15 is 0 Å². The molecule has 0 spiro atoms. The molecule has 0 radical (unpaired) electrons. The van der Waals surface area contributed by atoms with Crippen LogP contribution in [-0.4, -0.2) is 29.6 Å². The normalized spacial score (nSPS) is 10.5. The summed E-state index contributed by atoms with van der Waals surface area (Å²) in [5.74, 6) is -1.06. The van der Waals surface area contributed by atoms with Gasteiger partial charge in [0.2, 0.25) is 5.91 Å². The second kappa shape index (κ2) is 6.94. The quantitative estimate of drug-likeness (QED) is 0.419. The van der Waals surface area contributed by atoms with Gasteiger partial charge in [0, 0.05) is 31.3 Å². The van der Waals surface area contributed by atoms with Gasteiger partial charge in [0.15, 0.2) is 0 Å². The lowest BCUT2D eigenvalue weighted by molar-refractivity contribution is -0.131. The number of carboxylic acids is 1. The summed E-state index contributed by atoms with van der Waals surface area (Å²) < 4.78 is 0. The minimum absolute atomic E-state index is 0.0452. The van der Waals surface area contributed by atoms with E-state index in [9.17, 15) is 9.59 Å². The third-order valence-corrected chi connectivity index (χ3v) is 1.29. The third-order valence-electron chi connectivity index (χ3n) is 1.29. The summed E-state index contributed by atoms with van der Waals surface area (Å²) in [4.78, 5) is 21.1. The van der Waals surface area contributed by atoms with Crippen LogP contribution in [0, 0.1) is 0 Å². The zero-order valence-corrected chi connectivity index (χ0v) is 8.41. The Morgan fingerprint density at radius 1 is 1.43 bits per heavy atom. The zero-order valence-electron chi connectivity index (χ0n) is 8.41. The van der Waals surface area contributed by atoms with Crippen LogP contribution in [0.25, 0.3) is 0 Å². The highest BCUT2D eigenvalue weighted by molar-refractivity contribution is 5.79. The number of carbonyl (C=O) groups is 2. The molecule has 0 bridgehead atoms. The topological polar surface area (TPSA) is 78.4 Å². The standard InChI is InChI=1S/C9H16N2O3/c1-7(2)11-8(12)3-5-10-6-4-9(13)14/h4,6-7,10H,3,5H2,1-2H3,(H,11,12)(H,13,14)/b6-4+. The highest BCUT2D eigenvalue weighted by atomic mass is 16.4. The molecule has 5 heteroatoms. The van der Waals surface area contributed by atoms with E-state index in [1.807, 2.05) is 13.8 Å². The number of amides is 1. The maximum absolute atomic E-state index is 11.1. The van der Waals surface area contributed by atoms with Crippen molar-refractivity contribution in [1.29, 1.82) is 0 Å². The predicted molar refractivity (Wildman–Crippen MR) is 52.7 cm³/mol. The minimum atomic E-state index is -1.01. The predicted octanol–water partition coefficient (Wildman–Crippen LogP) is 0.0890. The van der Waals surface area contributed by atoms with Gasteiger partial charge in [-0.05, 0) is 13.8 Å². The van der Waals surface area contributed by atoms with Crippen molar-refractivity contribution in [2.45, 2.75) is 26.3 Å². The van der Waals surface area contributed by atoms with Crippen molar-refractivity contribution in [3.63, 3.8) is 0 Å². The van der Waals surface area contributed by atoms with Gasteiger partial charge in [0.05, 0.1) is 0 Å². The number of rotatable bonds is 6. The van der Waals surface area contributed by atoms with Crippen LogP contribution in [0.4, 0.5) is 0 Å². The summed E-state index contributed by atoms with van der Waals surface area (Å²) in [6.45, 7) is 4.20. The number of hydrogen-bond acceptors (Lipinski definition) is 3. The van der Waals surface area contributed by atoms with Gasteiger partial charge in [-0.15, -0.1) is 0 Å². The molecule has 0 saturated carbocycles. The summed E-state index contributed by atoms with van der Waals surface area (Å²) in [7, 11) is 0. The molecule has 0 aliphatic heterocycles. The van der Waals surface area contributed by atoms with E-state index in [2.05, 4.69) is 10.6 Å². The fraction of sp³-hybridized carbons (Fsp3) is 0.556. The molecule has 0 aliphatic rings. The zero-order chi connectivity index (χ0) is 11.0. The fourth-order valence-electron chi connectivity index (χ4n) is 0.793. The van der Waals surface area contributed by atoms with Crippen LogP contribution in [0.1, 0.15) is 20.3 Å². The van der Waals surface area contributed by atoms with Crippen LogP contribution >= 0.6 is 0 Å². The molecule has 3 N–H and O–H groups in total. The first-order chi connectivity index (χ1) is 6.52. The molecular weight excluding hydrogens is 184 g/mol. The lowest BCUT2D eigenvalue weighted by Gasteiger charge is -2.07. The second-order valence-electron chi connectivity index (χ2n) is 3.10. The molecule has 0 aromatic rings. The maximum atomic E-state index is 11.1. The van der Waals surface area contributed by atoms with E-state index in [1.165, 1.54) is 6.20 Å². The van der Waals surface area contributed by atoms with Crippen LogP contribution < -0.4 is 10.6 Å². The average molecular weight is 200 g/mol. The number of hydrogen-bond donors (Lipinski definition) is 3. The van der Waals surface area contributed by atoms with Crippen molar-refractivity contribution < 1.29 is 14.7 Å². The van der Waals surface area contributed by atoms with Crippen LogP contribution in [0.2, 0.25) is 0 Å². The van der Waals surface area contributed by atoms with Crippen LogP contribution in [0.15, 0.2) is 12.3 Å². The first-order valence-electron chi connectivity index (χ1n) is 4.44. The lowest BCUT2D eigenvalue weighted by atomic mass is 10.3. The van der Waals surface area contributed by atoms with E-state index in [-0.39, 0.29) is 11.9 Å². The smallest absolute Gasteiger partial charge is 0.329 e. The van der Waals surface area contributed by atoms with Crippen molar-refractivity contribution in [1.82, 2.24) is 10.6 Å². The van der Waals surface area contributed by atoms with Gasteiger partial charge in [0.1, 0.15) is 0 Å². The van der Waals surface area contributed by atoms with E-state index in [4.69, 9.17) is 5.11 Å². The summed E-state index contributed by atoms with van der Waals surface area (Å²) in [6, 6.07) is 0.136. The van der Waals surface area contributed by atoms with Gasteiger partial charge in [-0.25, -0.2) is 4.79 Å². The average Bonchev–Trinajstić information content (AvgIpc) is 2.01. The summed E-state index contributed by atoms with van der Waals surface area (Å²) in [5.41, 5.74) is 0. The molecular formula is C9H16N2O3.